The Hall–Kier alpha value is -2.52. The Bertz CT molecular complexity index is 1120. The monoisotopic (exact) mass is 472 g/mol. The van der Waals surface area contributed by atoms with E-state index in [1.807, 2.05) is 6.92 Å². The molecule has 1 aromatic carbocycles. The number of methoxy groups -OCH3 is 1. The third kappa shape index (κ3) is 4.36. The van der Waals surface area contributed by atoms with Crippen LogP contribution in [0, 0.1) is 17.7 Å². The number of rotatable bonds is 8. The highest BCUT2D eigenvalue weighted by Crippen LogP contribution is 2.65. The molecule has 1 unspecified atom stereocenters. The summed E-state index contributed by atoms with van der Waals surface area (Å²) in [5.74, 6) is 0.0882. The number of aliphatic imine (C=N–C) groups is 1. The van der Waals surface area contributed by atoms with E-state index in [-0.39, 0.29) is 16.4 Å². The van der Waals surface area contributed by atoms with E-state index in [0.717, 1.165) is 6.42 Å². The van der Waals surface area contributed by atoms with E-state index in [1.54, 1.807) is 13.2 Å². The van der Waals surface area contributed by atoms with Crippen LogP contribution in [0.15, 0.2) is 35.6 Å². The van der Waals surface area contributed by atoms with Crippen LogP contribution in [0.2, 0.25) is 0 Å². The first-order valence-electron chi connectivity index (χ1n) is 11.0. The van der Waals surface area contributed by atoms with Crippen molar-refractivity contribution in [3.63, 3.8) is 0 Å². The molecule has 0 radical (unpaired) electrons. The maximum Gasteiger partial charge on any atom is 0.232 e. The van der Waals surface area contributed by atoms with E-state index < -0.39 is 17.2 Å². The second-order valence-corrected chi connectivity index (χ2v) is 10.6. The molecule has 0 spiro atoms. The molecule has 9 heteroatoms. The first kappa shape index (κ1) is 22.3. The fourth-order valence-corrected chi connectivity index (χ4v) is 6.02. The number of amidine groups is 1. The number of thioether (sulfide) groups is 1. The van der Waals surface area contributed by atoms with Crippen molar-refractivity contribution in [2.75, 3.05) is 20.3 Å². The van der Waals surface area contributed by atoms with Crippen LogP contribution in [0.25, 0.3) is 11.9 Å². The normalized spacial score (nSPS) is 28.8. The molecule has 2 aromatic rings. The number of hydrogen-bond acceptors (Lipinski definition) is 7. The van der Waals surface area contributed by atoms with Gasteiger partial charge in [-0.1, -0.05) is 17.8 Å². The van der Waals surface area contributed by atoms with Gasteiger partial charge in [-0.3, -0.25) is 4.99 Å². The van der Waals surface area contributed by atoms with E-state index in [0.29, 0.717) is 41.3 Å². The highest BCUT2D eigenvalue weighted by Gasteiger charge is 2.66. The van der Waals surface area contributed by atoms with Gasteiger partial charge in [-0.15, -0.1) is 0 Å². The summed E-state index contributed by atoms with van der Waals surface area (Å²) in [5, 5.41) is 0.411. The second-order valence-electron chi connectivity index (χ2n) is 9.18. The highest BCUT2D eigenvalue weighted by molar-refractivity contribution is 8.15. The van der Waals surface area contributed by atoms with Gasteiger partial charge in [0.25, 0.3) is 0 Å². The largest absolute Gasteiger partial charge is 0.476 e. The van der Waals surface area contributed by atoms with E-state index in [2.05, 4.69) is 15.0 Å². The van der Waals surface area contributed by atoms with Crippen LogP contribution in [0.3, 0.4) is 0 Å². The minimum atomic E-state index is -0.849. The summed E-state index contributed by atoms with van der Waals surface area (Å²) >= 11 is 1.49. The summed E-state index contributed by atoms with van der Waals surface area (Å²) in [4.78, 5) is 12.9. The summed E-state index contributed by atoms with van der Waals surface area (Å²) in [5.41, 5.74) is 6.25. The first-order chi connectivity index (χ1) is 15.8. The molecule has 1 aromatic heterocycles. The smallest absolute Gasteiger partial charge is 0.232 e. The Morgan fingerprint density at radius 2 is 2.12 bits per heavy atom. The topological polar surface area (TPSA) is 82.6 Å². The van der Waals surface area contributed by atoms with E-state index in [1.165, 1.54) is 55.2 Å². The lowest BCUT2D eigenvalue weighted by atomic mass is 9.85. The van der Waals surface area contributed by atoms with Crippen molar-refractivity contribution >= 4 is 28.8 Å². The SMILES string of the molecule is COC[C@]12CC1[C@@](C)(c1cc(/C=C(\F)c3cnc(OCC4CC4)cn3)ccc1F)N=C(N)S2. The molecule has 2 N–H and O–H groups in total. The fourth-order valence-electron chi connectivity index (χ4n) is 4.57. The molecule has 3 atom stereocenters. The summed E-state index contributed by atoms with van der Waals surface area (Å²) in [6, 6.07) is 4.51. The summed E-state index contributed by atoms with van der Waals surface area (Å²) in [6.45, 7) is 3.01. The summed E-state index contributed by atoms with van der Waals surface area (Å²) in [6.07, 6.45) is 7.25. The zero-order valence-corrected chi connectivity index (χ0v) is 19.4. The highest BCUT2D eigenvalue weighted by atomic mass is 32.2. The van der Waals surface area contributed by atoms with Crippen molar-refractivity contribution in [3.8, 4) is 5.88 Å². The fraction of sp³-hybridized carbons (Fsp3) is 0.458. The lowest BCUT2D eigenvalue weighted by Gasteiger charge is -2.34. The van der Waals surface area contributed by atoms with Gasteiger partial charge in [0.2, 0.25) is 5.88 Å². The molecular weight excluding hydrogens is 446 g/mol. The molecule has 1 aliphatic heterocycles. The van der Waals surface area contributed by atoms with Crippen molar-refractivity contribution in [1.29, 1.82) is 0 Å². The molecule has 2 fully saturated rings. The van der Waals surface area contributed by atoms with Crippen LogP contribution in [-0.4, -0.2) is 40.2 Å². The third-order valence-corrected chi connectivity index (χ3v) is 7.88. The van der Waals surface area contributed by atoms with Crippen LogP contribution in [0.1, 0.15) is 43.0 Å². The number of nitrogens with two attached hydrogens (primary N) is 1. The lowest BCUT2D eigenvalue weighted by molar-refractivity contribution is 0.184. The lowest BCUT2D eigenvalue weighted by Crippen LogP contribution is -2.37. The van der Waals surface area contributed by atoms with Gasteiger partial charge >= 0.3 is 0 Å². The van der Waals surface area contributed by atoms with Gasteiger partial charge in [0.15, 0.2) is 11.0 Å². The van der Waals surface area contributed by atoms with Gasteiger partial charge in [-0.25, -0.2) is 18.7 Å². The molecule has 2 saturated carbocycles. The number of aromatic nitrogens is 2. The number of ether oxygens (including phenoxy) is 2. The van der Waals surface area contributed by atoms with Gasteiger partial charge in [0.1, 0.15) is 11.5 Å². The Labute approximate surface area is 195 Å². The predicted molar refractivity (Wildman–Crippen MR) is 125 cm³/mol. The summed E-state index contributed by atoms with van der Waals surface area (Å²) in [7, 11) is 1.65. The first-order valence-corrected chi connectivity index (χ1v) is 11.8. The summed E-state index contributed by atoms with van der Waals surface area (Å²) < 4.78 is 40.6. The zero-order chi connectivity index (χ0) is 23.2. The van der Waals surface area contributed by atoms with Crippen LogP contribution in [0.4, 0.5) is 8.78 Å². The van der Waals surface area contributed by atoms with E-state index in [4.69, 9.17) is 15.2 Å². The van der Waals surface area contributed by atoms with Gasteiger partial charge in [-0.05, 0) is 55.9 Å². The van der Waals surface area contributed by atoms with Crippen molar-refractivity contribution in [2.24, 2.45) is 22.6 Å². The molecule has 2 heterocycles. The van der Waals surface area contributed by atoms with E-state index >= 15 is 0 Å². The van der Waals surface area contributed by atoms with Gasteiger partial charge in [-0.2, -0.15) is 0 Å². The van der Waals surface area contributed by atoms with Gasteiger partial charge in [0, 0.05) is 18.6 Å². The van der Waals surface area contributed by atoms with Crippen molar-refractivity contribution < 1.29 is 18.3 Å². The van der Waals surface area contributed by atoms with Crippen LogP contribution in [0.5, 0.6) is 5.88 Å². The van der Waals surface area contributed by atoms with Crippen LogP contribution < -0.4 is 10.5 Å². The Balaban J connectivity index is 1.39. The molecule has 2 aliphatic carbocycles. The second kappa shape index (κ2) is 8.36. The standard InChI is InChI=1S/C24H26F2N4O2S/c1-23(20-9-24(20,13-31-2)33-22(27)30-23)16-7-15(5-6-17(16)25)8-18(26)19-10-29-21(11-28-19)32-12-14-3-4-14/h5-8,10-11,14,20H,3-4,9,12-13H2,1-2H3,(H2,27,30)/b18-8-/t20?,23-,24-/m1/s1. The molecule has 0 amide bonds. The molecular formula is C24H26F2N4O2S. The third-order valence-electron chi connectivity index (χ3n) is 6.61. The molecule has 0 bridgehead atoms. The molecule has 6 nitrogen and oxygen atoms in total. The maximum absolute atomic E-state index is 15.0. The zero-order valence-electron chi connectivity index (χ0n) is 18.6. The predicted octanol–water partition coefficient (Wildman–Crippen LogP) is 4.55. The van der Waals surface area contributed by atoms with Crippen molar-refractivity contribution in [3.05, 3.63) is 53.2 Å². The average molecular weight is 473 g/mol. The number of nitrogens with zero attached hydrogens (tertiary/aromatic N) is 3. The number of halogens is 2. The Morgan fingerprint density at radius 3 is 2.82 bits per heavy atom. The molecule has 33 heavy (non-hydrogen) atoms. The van der Waals surface area contributed by atoms with Crippen molar-refractivity contribution in [1.82, 2.24) is 9.97 Å². The number of benzene rings is 1. The average Bonchev–Trinajstić information content (AvgIpc) is 3.70. The minimum Gasteiger partial charge on any atom is -0.476 e. The molecule has 3 aliphatic rings. The van der Waals surface area contributed by atoms with Crippen molar-refractivity contribution in [2.45, 2.75) is 36.5 Å². The Kier molecular flexibility index (Phi) is 5.64. The van der Waals surface area contributed by atoms with E-state index in [9.17, 15) is 8.78 Å². The number of fused-ring (bicyclic) bond motifs is 1. The van der Waals surface area contributed by atoms with Gasteiger partial charge in [0.05, 0.1) is 35.9 Å². The Morgan fingerprint density at radius 1 is 1.30 bits per heavy atom. The van der Waals surface area contributed by atoms with Gasteiger partial charge < -0.3 is 15.2 Å². The maximum atomic E-state index is 15.0. The molecule has 0 saturated heterocycles. The quantitative estimate of drug-likeness (QED) is 0.607. The number of hydrogen-bond donors (Lipinski definition) is 1. The minimum absolute atomic E-state index is 0.0786. The molecule has 174 valence electrons. The van der Waals surface area contributed by atoms with Crippen LogP contribution in [-0.2, 0) is 10.3 Å². The molecule has 5 rings (SSSR count). The van der Waals surface area contributed by atoms with Crippen LogP contribution >= 0.6 is 11.8 Å².